The Morgan fingerprint density at radius 1 is 1.07 bits per heavy atom. The van der Waals surface area contributed by atoms with Gasteiger partial charge in [-0.05, 0) is 30.8 Å². The Labute approximate surface area is 176 Å². The first-order chi connectivity index (χ1) is 13.7. The van der Waals surface area contributed by atoms with Gasteiger partial charge in [0.05, 0.1) is 0 Å². The third kappa shape index (κ3) is 7.12. The lowest BCUT2D eigenvalue weighted by Gasteiger charge is -2.35. The molecule has 29 heavy (non-hydrogen) atoms. The third-order valence-corrected chi connectivity index (χ3v) is 5.59. The molecule has 2 amide bonds. The van der Waals surface area contributed by atoms with Crippen LogP contribution >= 0.6 is 0 Å². The number of benzene rings is 1. The minimum atomic E-state index is -0.418. The van der Waals surface area contributed by atoms with Gasteiger partial charge in [-0.15, -0.1) is 0 Å². The molecule has 0 spiro atoms. The van der Waals surface area contributed by atoms with E-state index < -0.39 is 5.41 Å². The summed E-state index contributed by atoms with van der Waals surface area (Å²) in [6.45, 7) is 18.2. The molecule has 1 N–H and O–H groups in total. The molecule has 0 unspecified atom stereocenters. The molecule has 0 aliphatic carbocycles. The SMILES string of the molecule is CCN(CC)CCN1CCN(C(=O)c2cccc(CNC(=O)C(C)(C)C)c2)CC1. The normalized spacial score (nSPS) is 15.6. The molecule has 1 aromatic rings. The summed E-state index contributed by atoms with van der Waals surface area (Å²) in [6, 6.07) is 7.61. The molecule has 0 radical (unpaired) electrons. The molecule has 0 atom stereocenters. The Morgan fingerprint density at radius 3 is 2.31 bits per heavy atom. The van der Waals surface area contributed by atoms with Crippen molar-refractivity contribution in [1.29, 1.82) is 0 Å². The Kier molecular flexibility index (Phi) is 8.65. The van der Waals surface area contributed by atoms with Crippen molar-refractivity contribution in [2.24, 2.45) is 5.41 Å². The first-order valence-electron chi connectivity index (χ1n) is 10.9. The number of rotatable bonds is 8. The molecular weight excluding hydrogens is 364 g/mol. The summed E-state index contributed by atoms with van der Waals surface area (Å²) < 4.78 is 0. The maximum absolute atomic E-state index is 12.9. The third-order valence-electron chi connectivity index (χ3n) is 5.59. The van der Waals surface area contributed by atoms with E-state index in [1.165, 1.54) is 0 Å². The van der Waals surface area contributed by atoms with Crippen molar-refractivity contribution in [2.45, 2.75) is 41.2 Å². The number of carbonyl (C=O) groups excluding carboxylic acids is 2. The second kappa shape index (κ2) is 10.7. The van der Waals surface area contributed by atoms with Crippen molar-refractivity contribution in [3.05, 3.63) is 35.4 Å². The average Bonchev–Trinajstić information content (AvgIpc) is 2.72. The number of likely N-dealkylation sites (N-methyl/N-ethyl adjacent to an activating group) is 1. The highest BCUT2D eigenvalue weighted by Crippen LogP contribution is 2.14. The van der Waals surface area contributed by atoms with Crippen molar-refractivity contribution in [3.8, 4) is 0 Å². The molecule has 1 aliphatic heterocycles. The summed E-state index contributed by atoms with van der Waals surface area (Å²) in [4.78, 5) is 31.8. The smallest absolute Gasteiger partial charge is 0.253 e. The molecule has 1 aliphatic rings. The Bertz CT molecular complexity index is 672. The lowest BCUT2D eigenvalue weighted by atomic mass is 9.95. The van der Waals surface area contributed by atoms with Crippen molar-refractivity contribution in [3.63, 3.8) is 0 Å². The molecule has 6 nitrogen and oxygen atoms in total. The maximum atomic E-state index is 12.9. The first kappa shape index (κ1) is 23.4. The summed E-state index contributed by atoms with van der Waals surface area (Å²) in [5, 5.41) is 2.95. The summed E-state index contributed by atoms with van der Waals surface area (Å²) in [5.74, 6) is 0.0902. The van der Waals surface area contributed by atoms with Crippen molar-refractivity contribution in [2.75, 3.05) is 52.4 Å². The number of nitrogens with zero attached hydrogens (tertiary/aromatic N) is 3. The van der Waals surface area contributed by atoms with E-state index >= 15 is 0 Å². The molecule has 1 saturated heterocycles. The fraction of sp³-hybridized carbons (Fsp3) is 0.652. The zero-order chi connectivity index (χ0) is 21.4. The minimum Gasteiger partial charge on any atom is -0.352 e. The van der Waals surface area contributed by atoms with Gasteiger partial charge in [0.15, 0.2) is 0 Å². The zero-order valence-corrected chi connectivity index (χ0v) is 18.8. The van der Waals surface area contributed by atoms with E-state index in [9.17, 15) is 9.59 Å². The number of piperazine rings is 1. The molecule has 0 saturated carbocycles. The van der Waals surface area contributed by atoms with Crippen LogP contribution in [0.25, 0.3) is 0 Å². The van der Waals surface area contributed by atoms with E-state index in [1.807, 2.05) is 49.9 Å². The monoisotopic (exact) mass is 402 g/mol. The van der Waals surface area contributed by atoms with Gasteiger partial charge in [0.25, 0.3) is 5.91 Å². The molecule has 0 aromatic heterocycles. The van der Waals surface area contributed by atoms with Gasteiger partial charge in [-0.25, -0.2) is 0 Å². The van der Waals surface area contributed by atoms with Gasteiger partial charge in [0.1, 0.15) is 0 Å². The van der Waals surface area contributed by atoms with Crippen LogP contribution < -0.4 is 5.32 Å². The molecule has 162 valence electrons. The molecule has 0 bridgehead atoms. The predicted molar refractivity (Wildman–Crippen MR) is 118 cm³/mol. The fourth-order valence-electron chi connectivity index (χ4n) is 3.44. The van der Waals surface area contributed by atoms with Gasteiger partial charge >= 0.3 is 0 Å². The number of hydrogen-bond acceptors (Lipinski definition) is 4. The number of nitrogens with one attached hydrogen (secondary N) is 1. The topological polar surface area (TPSA) is 55.9 Å². The summed E-state index contributed by atoms with van der Waals surface area (Å²) >= 11 is 0. The molecule has 1 heterocycles. The van der Waals surface area contributed by atoms with Gasteiger partial charge < -0.3 is 15.1 Å². The maximum Gasteiger partial charge on any atom is 0.253 e. The highest BCUT2D eigenvalue weighted by atomic mass is 16.2. The van der Waals surface area contributed by atoms with Crippen LogP contribution in [0, 0.1) is 5.41 Å². The fourth-order valence-corrected chi connectivity index (χ4v) is 3.44. The number of carbonyl (C=O) groups is 2. The predicted octanol–water partition coefficient (Wildman–Crippen LogP) is 2.45. The van der Waals surface area contributed by atoms with Gasteiger partial charge in [0, 0.05) is 56.8 Å². The van der Waals surface area contributed by atoms with Gasteiger partial charge in [-0.3, -0.25) is 14.5 Å². The van der Waals surface area contributed by atoms with Crippen LogP contribution in [-0.2, 0) is 11.3 Å². The average molecular weight is 403 g/mol. The standard InChI is InChI=1S/C23H38N4O2/c1-6-25(7-2)11-12-26-13-15-27(16-14-26)21(28)20-10-8-9-19(17-20)18-24-22(29)23(3,4)5/h8-10,17H,6-7,11-16,18H2,1-5H3,(H,24,29). The van der Waals surface area contributed by atoms with E-state index in [1.54, 1.807) is 0 Å². The second-order valence-electron chi connectivity index (χ2n) is 8.79. The first-order valence-corrected chi connectivity index (χ1v) is 10.9. The molecule has 6 heteroatoms. The largest absolute Gasteiger partial charge is 0.352 e. The lowest BCUT2D eigenvalue weighted by molar-refractivity contribution is -0.128. The van der Waals surface area contributed by atoms with E-state index in [0.717, 1.165) is 57.9 Å². The van der Waals surface area contributed by atoms with Gasteiger partial charge in [-0.2, -0.15) is 0 Å². The van der Waals surface area contributed by atoms with Crippen molar-refractivity contribution >= 4 is 11.8 Å². The summed E-state index contributed by atoms with van der Waals surface area (Å²) in [7, 11) is 0. The van der Waals surface area contributed by atoms with E-state index in [0.29, 0.717) is 12.1 Å². The quantitative estimate of drug-likeness (QED) is 0.726. The molecule has 2 rings (SSSR count). The highest BCUT2D eigenvalue weighted by molar-refractivity contribution is 5.94. The van der Waals surface area contributed by atoms with E-state index in [2.05, 4.69) is 29.0 Å². The van der Waals surface area contributed by atoms with Crippen LogP contribution in [0.1, 0.15) is 50.5 Å². The van der Waals surface area contributed by atoms with Crippen LogP contribution in [0.15, 0.2) is 24.3 Å². The zero-order valence-electron chi connectivity index (χ0n) is 18.8. The molecular formula is C23H38N4O2. The van der Waals surface area contributed by atoms with E-state index in [4.69, 9.17) is 0 Å². The van der Waals surface area contributed by atoms with Crippen LogP contribution in [-0.4, -0.2) is 78.9 Å². The lowest BCUT2D eigenvalue weighted by Crippen LogP contribution is -2.50. The summed E-state index contributed by atoms with van der Waals surface area (Å²) in [5.41, 5.74) is 1.23. The highest BCUT2D eigenvalue weighted by Gasteiger charge is 2.23. The molecule has 1 fully saturated rings. The number of hydrogen-bond donors (Lipinski definition) is 1. The van der Waals surface area contributed by atoms with Gasteiger partial charge in [-0.1, -0.05) is 46.8 Å². The minimum absolute atomic E-state index is 0.00932. The Balaban J connectivity index is 1.86. The van der Waals surface area contributed by atoms with Crippen LogP contribution in [0.3, 0.4) is 0 Å². The Hall–Kier alpha value is -1.92. The van der Waals surface area contributed by atoms with Crippen LogP contribution in [0.4, 0.5) is 0 Å². The van der Waals surface area contributed by atoms with E-state index in [-0.39, 0.29) is 11.8 Å². The second-order valence-corrected chi connectivity index (χ2v) is 8.79. The van der Waals surface area contributed by atoms with Gasteiger partial charge in [0.2, 0.25) is 5.91 Å². The van der Waals surface area contributed by atoms with Crippen LogP contribution in [0.2, 0.25) is 0 Å². The van der Waals surface area contributed by atoms with Crippen molar-refractivity contribution < 1.29 is 9.59 Å². The van der Waals surface area contributed by atoms with Crippen LogP contribution in [0.5, 0.6) is 0 Å². The summed E-state index contributed by atoms with van der Waals surface area (Å²) in [6.07, 6.45) is 0. The number of amides is 2. The van der Waals surface area contributed by atoms with Crippen molar-refractivity contribution in [1.82, 2.24) is 20.0 Å². The molecule has 1 aromatic carbocycles. The Morgan fingerprint density at radius 2 is 1.72 bits per heavy atom.